The van der Waals surface area contributed by atoms with Crippen molar-refractivity contribution >= 4 is 17.5 Å². The van der Waals surface area contributed by atoms with Crippen LogP contribution in [0, 0.1) is 5.92 Å². The van der Waals surface area contributed by atoms with Crippen LogP contribution in [-0.2, 0) is 6.42 Å². The molecule has 1 aliphatic heterocycles. The first-order valence-electron chi connectivity index (χ1n) is 9.13. The summed E-state index contributed by atoms with van der Waals surface area (Å²) in [6.45, 7) is 6.88. The van der Waals surface area contributed by atoms with Gasteiger partial charge >= 0.3 is 0 Å². The predicted octanol–water partition coefficient (Wildman–Crippen LogP) is 3.45. The number of hydrogen-bond acceptors (Lipinski definition) is 3. The van der Waals surface area contributed by atoms with Gasteiger partial charge in [-0.25, -0.2) is 0 Å². The quantitative estimate of drug-likeness (QED) is 0.897. The number of pyridine rings is 1. The lowest BCUT2D eigenvalue weighted by Gasteiger charge is -2.22. The summed E-state index contributed by atoms with van der Waals surface area (Å²) in [6.07, 6.45) is 3.28. The fraction of sp³-hybridized carbons (Fsp3) is 0.381. The molecule has 3 rings (SSSR count). The summed E-state index contributed by atoms with van der Waals surface area (Å²) < 4.78 is 0. The number of benzene rings is 1. The molecule has 0 saturated carbocycles. The third kappa shape index (κ3) is 3.77. The Hall–Kier alpha value is -2.69. The Kier molecular flexibility index (Phi) is 5.35. The highest BCUT2D eigenvalue weighted by Crippen LogP contribution is 2.32. The minimum atomic E-state index is -0.169. The summed E-state index contributed by atoms with van der Waals surface area (Å²) in [5.74, 6) is 0.192. The molecule has 0 aliphatic carbocycles. The zero-order valence-corrected chi connectivity index (χ0v) is 15.5. The van der Waals surface area contributed by atoms with Gasteiger partial charge < -0.3 is 10.2 Å². The molecule has 0 fully saturated rings. The van der Waals surface area contributed by atoms with Crippen LogP contribution in [0.2, 0.25) is 0 Å². The van der Waals surface area contributed by atoms with Crippen molar-refractivity contribution in [1.82, 2.24) is 10.3 Å². The molecule has 1 unspecified atom stereocenters. The predicted molar refractivity (Wildman–Crippen MR) is 102 cm³/mol. The van der Waals surface area contributed by atoms with Crippen molar-refractivity contribution in [2.45, 2.75) is 39.7 Å². The van der Waals surface area contributed by atoms with Gasteiger partial charge in [-0.05, 0) is 49.4 Å². The topological polar surface area (TPSA) is 62.3 Å². The van der Waals surface area contributed by atoms with Crippen molar-refractivity contribution < 1.29 is 9.59 Å². The highest BCUT2D eigenvalue weighted by Gasteiger charge is 2.32. The van der Waals surface area contributed by atoms with Crippen LogP contribution in [0.25, 0.3) is 0 Å². The first-order valence-corrected chi connectivity index (χ1v) is 9.13. The number of carbonyl (C=O) groups is 2. The van der Waals surface area contributed by atoms with E-state index < -0.39 is 0 Å². The van der Waals surface area contributed by atoms with E-state index in [0.29, 0.717) is 23.7 Å². The van der Waals surface area contributed by atoms with Crippen LogP contribution in [0.1, 0.15) is 53.6 Å². The number of amides is 2. The lowest BCUT2D eigenvalue weighted by atomic mass is 10.1. The van der Waals surface area contributed by atoms with E-state index in [2.05, 4.69) is 24.1 Å². The van der Waals surface area contributed by atoms with Gasteiger partial charge in [-0.3, -0.25) is 14.6 Å². The number of carbonyl (C=O) groups excluding carboxylic acids is 2. The molecular formula is C21H25N3O2. The molecule has 0 radical (unpaired) electrons. The smallest absolute Gasteiger partial charge is 0.277 e. The molecule has 2 heterocycles. The zero-order chi connectivity index (χ0) is 18.7. The summed E-state index contributed by atoms with van der Waals surface area (Å²) in [5.41, 5.74) is 2.85. The van der Waals surface area contributed by atoms with Gasteiger partial charge in [-0.1, -0.05) is 32.0 Å². The van der Waals surface area contributed by atoms with E-state index in [-0.39, 0.29) is 17.9 Å². The van der Waals surface area contributed by atoms with E-state index in [4.69, 9.17) is 0 Å². The van der Waals surface area contributed by atoms with Crippen molar-refractivity contribution in [3.05, 3.63) is 59.4 Å². The fourth-order valence-electron chi connectivity index (χ4n) is 3.26. The molecule has 1 aliphatic rings. The third-order valence-corrected chi connectivity index (χ3v) is 4.67. The van der Waals surface area contributed by atoms with Crippen molar-refractivity contribution in [2.24, 2.45) is 5.92 Å². The highest BCUT2D eigenvalue weighted by molar-refractivity contribution is 6.07. The van der Waals surface area contributed by atoms with E-state index in [0.717, 1.165) is 24.1 Å². The van der Waals surface area contributed by atoms with Crippen molar-refractivity contribution in [2.75, 3.05) is 11.4 Å². The summed E-state index contributed by atoms with van der Waals surface area (Å²) in [6, 6.07) is 11.2. The Bertz CT molecular complexity index is 816. The van der Waals surface area contributed by atoms with E-state index in [9.17, 15) is 9.59 Å². The van der Waals surface area contributed by atoms with Gasteiger partial charge in [0.1, 0.15) is 5.69 Å². The van der Waals surface area contributed by atoms with Crippen LogP contribution < -0.4 is 10.2 Å². The van der Waals surface area contributed by atoms with Gasteiger partial charge in [0.25, 0.3) is 11.8 Å². The maximum atomic E-state index is 13.0. The van der Waals surface area contributed by atoms with Crippen LogP contribution in [-0.4, -0.2) is 29.4 Å². The molecule has 1 N–H and O–H groups in total. The Labute approximate surface area is 154 Å². The zero-order valence-electron chi connectivity index (χ0n) is 15.5. The van der Waals surface area contributed by atoms with Crippen molar-refractivity contribution in [3.63, 3.8) is 0 Å². The minimum Gasteiger partial charge on any atom is -0.352 e. The fourth-order valence-corrected chi connectivity index (χ4v) is 3.26. The standard InChI is InChI=1S/C21H25N3O2/c1-14(2)8-10-23-20(25)17-9-11-22-18(13-17)21(26)24-15(3)12-16-6-4-5-7-19(16)24/h4-7,9,11,13-15H,8,10,12H2,1-3H3,(H,23,25). The SMILES string of the molecule is CC(C)CCNC(=O)c1ccnc(C(=O)N2c3ccccc3CC2C)c1. The van der Waals surface area contributed by atoms with Crippen LogP contribution in [0.5, 0.6) is 0 Å². The molecule has 2 aromatic rings. The molecule has 2 amide bonds. The normalized spacial score (nSPS) is 15.8. The molecule has 5 nitrogen and oxygen atoms in total. The molecule has 0 saturated heterocycles. The molecule has 1 aromatic heterocycles. The van der Waals surface area contributed by atoms with E-state index in [1.54, 1.807) is 17.0 Å². The number of anilines is 1. The number of para-hydroxylation sites is 1. The van der Waals surface area contributed by atoms with Crippen molar-refractivity contribution in [3.8, 4) is 0 Å². The maximum absolute atomic E-state index is 13.0. The molecule has 1 aromatic carbocycles. The minimum absolute atomic E-state index is 0.0743. The lowest BCUT2D eigenvalue weighted by molar-refractivity contribution is 0.0952. The summed E-state index contributed by atoms with van der Waals surface area (Å²) in [7, 11) is 0. The Morgan fingerprint density at radius 2 is 2.04 bits per heavy atom. The average Bonchev–Trinajstić information content (AvgIpc) is 2.96. The van der Waals surface area contributed by atoms with E-state index >= 15 is 0 Å². The first kappa shape index (κ1) is 18.1. The Morgan fingerprint density at radius 1 is 1.27 bits per heavy atom. The van der Waals surface area contributed by atoms with Gasteiger partial charge in [0.05, 0.1) is 0 Å². The van der Waals surface area contributed by atoms with Gasteiger partial charge in [0.2, 0.25) is 0 Å². The molecule has 5 heteroatoms. The van der Waals surface area contributed by atoms with Gasteiger partial charge in [-0.15, -0.1) is 0 Å². The van der Waals surface area contributed by atoms with Crippen LogP contribution in [0.15, 0.2) is 42.6 Å². The third-order valence-electron chi connectivity index (χ3n) is 4.67. The summed E-state index contributed by atoms with van der Waals surface area (Å²) >= 11 is 0. The molecule has 136 valence electrons. The van der Waals surface area contributed by atoms with Gasteiger partial charge in [0.15, 0.2) is 0 Å². The Morgan fingerprint density at radius 3 is 2.81 bits per heavy atom. The van der Waals surface area contributed by atoms with Gasteiger partial charge in [-0.2, -0.15) is 0 Å². The average molecular weight is 351 g/mol. The second kappa shape index (κ2) is 7.68. The van der Waals surface area contributed by atoms with Crippen LogP contribution in [0.4, 0.5) is 5.69 Å². The number of fused-ring (bicyclic) bond motifs is 1. The highest BCUT2D eigenvalue weighted by atomic mass is 16.2. The number of hydrogen-bond donors (Lipinski definition) is 1. The van der Waals surface area contributed by atoms with E-state index in [1.165, 1.54) is 6.20 Å². The summed E-state index contributed by atoms with van der Waals surface area (Å²) in [4.78, 5) is 31.3. The maximum Gasteiger partial charge on any atom is 0.277 e. The largest absolute Gasteiger partial charge is 0.352 e. The summed E-state index contributed by atoms with van der Waals surface area (Å²) in [5, 5.41) is 2.90. The van der Waals surface area contributed by atoms with Crippen molar-refractivity contribution in [1.29, 1.82) is 0 Å². The molecule has 1 atom stereocenters. The number of nitrogens with one attached hydrogen (secondary N) is 1. The van der Waals surface area contributed by atoms with Gasteiger partial charge in [0, 0.05) is 30.0 Å². The lowest BCUT2D eigenvalue weighted by Crippen LogP contribution is -2.36. The monoisotopic (exact) mass is 351 g/mol. The number of nitrogens with zero attached hydrogens (tertiary/aromatic N) is 2. The van der Waals surface area contributed by atoms with Crippen LogP contribution >= 0.6 is 0 Å². The molecular weight excluding hydrogens is 326 g/mol. The second-order valence-corrected chi connectivity index (χ2v) is 7.23. The van der Waals surface area contributed by atoms with Crippen LogP contribution in [0.3, 0.4) is 0 Å². The van der Waals surface area contributed by atoms with E-state index in [1.807, 2.05) is 31.2 Å². The first-order chi connectivity index (χ1) is 12.5. The second-order valence-electron chi connectivity index (χ2n) is 7.23. The molecule has 26 heavy (non-hydrogen) atoms. The molecule has 0 bridgehead atoms. The number of rotatable bonds is 5. The Balaban J connectivity index is 1.78. The molecule has 0 spiro atoms. The number of aromatic nitrogens is 1.